The van der Waals surface area contributed by atoms with E-state index in [0.29, 0.717) is 5.92 Å². The van der Waals surface area contributed by atoms with Crippen molar-refractivity contribution in [2.75, 3.05) is 0 Å². The molecule has 2 heteroatoms. The van der Waals surface area contributed by atoms with Crippen LogP contribution in [0.15, 0.2) is 84.9 Å². The fourth-order valence-corrected chi connectivity index (χ4v) is 5.42. The number of rotatable bonds is 1. The Morgan fingerprint density at radius 1 is 0.774 bits per heavy atom. The second kappa shape index (κ2) is 6.12. The van der Waals surface area contributed by atoms with Gasteiger partial charge in [0.15, 0.2) is 0 Å². The van der Waals surface area contributed by atoms with E-state index in [1.54, 1.807) is 0 Å². The second-order valence-electron chi connectivity index (χ2n) is 8.83. The summed E-state index contributed by atoms with van der Waals surface area (Å²) in [5.41, 5.74) is 8.94. The lowest BCUT2D eigenvalue weighted by Gasteiger charge is -2.17. The van der Waals surface area contributed by atoms with Gasteiger partial charge in [-0.2, -0.15) is 0 Å². The molecule has 2 aromatic heterocycles. The maximum Gasteiger partial charge on any atom is 0.0562 e. The van der Waals surface area contributed by atoms with Crippen LogP contribution in [0.5, 0.6) is 0 Å². The lowest BCUT2D eigenvalue weighted by Crippen LogP contribution is -2.03. The molecular formula is C29H22N2. The average molecular weight is 399 g/mol. The smallest absolute Gasteiger partial charge is 0.0562 e. The highest BCUT2D eigenvalue weighted by molar-refractivity contribution is 6.20. The lowest BCUT2D eigenvalue weighted by atomic mass is 9.88. The highest BCUT2D eigenvalue weighted by Gasteiger charge is 2.20. The minimum atomic E-state index is 0.591. The van der Waals surface area contributed by atoms with Crippen LogP contribution < -0.4 is 0 Å². The Labute approximate surface area is 180 Å². The van der Waals surface area contributed by atoms with E-state index < -0.39 is 0 Å². The van der Waals surface area contributed by atoms with Crippen LogP contribution in [0.1, 0.15) is 18.1 Å². The average Bonchev–Trinajstić information content (AvgIpc) is 3.33. The van der Waals surface area contributed by atoms with Crippen LogP contribution in [-0.4, -0.2) is 9.55 Å². The fraction of sp³-hybridized carbons (Fsp3) is 0.103. The van der Waals surface area contributed by atoms with E-state index in [9.17, 15) is 0 Å². The maximum atomic E-state index is 3.63. The number of hydrogen-bond donors (Lipinski definition) is 1. The topological polar surface area (TPSA) is 20.7 Å². The van der Waals surface area contributed by atoms with Gasteiger partial charge >= 0.3 is 0 Å². The zero-order valence-corrected chi connectivity index (χ0v) is 17.4. The molecule has 1 N–H and O–H groups in total. The number of H-pyrrole nitrogens is 1. The molecule has 1 aliphatic rings. The third-order valence-electron chi connectivity index (χ3n) is 6.84. The Balaban J connectivity index is 1.71. The normalized spacial score (nSPS) is 16.0. The Kier molecular flexibility index (Phi) is 3.35. The molecule has 0 spiro atoms. The van der Waals surface area contributed by atoms with Crippen LogP contribution in [0.3, 0.4) is 0 Å². The first-order valence-corrected chi connectivity index (χ1v) is 11.0. The van der Waals surface area contributed by atoms with Gasteiger partial charge in [-0.05, 0) is 59.9 Å². The molecular weight excluding hydrogens is 376 g/mol. The second-order valence-corrected chi connectivity index (χ2v) is 8.83. The van der Waals surface area contributed by atoms with Crippen molar-refractivity contribution < 1.29 is 0 Å². The first-order chi connectivity index (χ1) is 15.3. The van der Waals surface area contributed by atoms with E-state index in [-0.39, 0.29) is 0 Å². The van der Waals surface area contributed by atoms with Crippen LogP contribution in [-0.2, 0) is 6.42 Å². The minimum Gasteiger partial charge on any atom is -0.354 e. The predicted octanol–water partition coefficient (Wildman–Crippen LogP) is 7.62. The van der Waals surface area contributed by atoms with Crippen molar-refractivity contribution >= 4 is 49.7 Å². The number of fused-ring (bicyclic) bond motifs is 8. The first kappa shape index (κ1) is 17.0. The van der Waals surface area contributed by atoms with Crippen molar-refractivity contribution in [1.82, 2.24) is 9.55 Å². The number of allylic oxidation sites excluding steroid dienone is 1. The molecule has 31 heavy (non-hydrogen) atoms. The van der Waals surface area contributed by atoms with Crippen molar-refractivity contribution in [1.29, 1.82) is 0 Å². The summed E-state index contributed by atoms with van der Waals surface area (Å²) in [6.45, 7) is 2.30. The van der Waals surface area contributed by atoms with Gasteiger partial charge in [-0.15, -0.1) is 0 Å². The van der Waals surface area contributed by atoms with E-state index in [0.717, 1.165) is 6.42 Å². The van der Waals surface area contributed by atoms with Crippen LogP contribution in [0.4, 0.5) is 0 Å². The number of benzene rings is 4. The maximum absolute atomic E-state index is 3.63. The molecule has 2 nitrogen and oxygen atoms in total. The first-order valence-electron chi connectivity index (χ1n) is 11.0. The molecule has 148 valence electrons. The molecule has 0 radical (unpaired) electrons. The monoisotopic (exact) mass is 398 g/mol. The zero-order chi connectivity index (χ0) is 20.5. The van der Waals surface area contributed by atoms with Crippen LogP contribution in [0, 0.1) is 5.92 Å². The number of nitrogens with zero attached hydrogens (tertiary/aromatic N) is 1. The summed E-state index contributed by atoms with van der Waals surface area (Å²) in [4.78, 5) is 3.63. The number of aromatic nitrogens is 2. The molecule has 0 aliphatic heterocycles. The number of nitrogens with one attached hydrogen (secondary N) is 1. The number of hydrogen-bond acceptors (Lipinski definition) is 0. The third kappa shape index (κ3) is 2.33. The highest BCUT2D eigenvalue weighted by atomic mass is 15.0. The summed E-state index contributed by atoms with van der Waals surface area (Å²) >= 11 is 0. The molecule has 4 aromatic carbocycles. The van der Waals surface area contributed by atoms with Gasteiger partial charge in [0.25, 0.3) is 0 Å². The van der Waals surface area contributed by atoms with Gasteiger partial charge in [-0.1, -0.05) is 61.5 Å². The molecule has 0 saturated carbocycles. The van der Waals surface area contributed by atoms with E-state index in [2.05, 4.69) is 107 Å². The van der Waals surface area contributed by atoms with Gasteiger partial charge in [0.2, 0.25) is 0 Å². The molecule has 0 bridgehead atoms. The predicted molar refractivity (Wildman–Crippen MR) is 132 cm³/mol. The summed E-state index contributed by atoms with van der Waals surface area (Å²) in [5, 5.41) is 5.27. The van der Waals surface area contributed by atoms with Crippen molar-refractivity contribution in [3.63, 3.8) is 0 Å². The minimum absolute atomic E-state index is 0.591. The van der Waals surface area contributed by atoms with Crippen molar-refractivity contribution in [2.45, 2.75) is 13.3 Å². The highest BCUT2D eigenvalue weighted by Crippen LogP contribution is 2.41. The Morgan fingerprint density at radius 3 is 2.52 bits per heavy atom. The Morgan fingerprint density at radius 2 is 1.61 bits per heavy atom. The summed E-state index contributed by atoms with van der Waals surface area (Å²) in [6.07, 6.45) is 5.81. The molecule has 7 rings (SSSR count). The van der Waals surface area contributed by atoms with Gasteiger partial charge in [0.1, 0.15) is 0 Å². The molecule has 6 aromatic rings. The van der Waals surface area contributed by atoms with Gasteiger partial charge in [0, 0.05) is 38.3 Å². The standard InChI is InChI=1S/C29H22N2/c1-18-11-13-21-19(15-18)12-14-27-29(21)24-16-23-22-9-5-6-10-25(22)30-26(23)17-28(24)31(27)20-7-3-2-4-8-20/h2-14,16-18,30H,15H2,1H3. The van der Waals surface area contributed by atoms with Crippen molar-refractivity contribution in [3.05, 3.63) is 96.1 Å². The van der Waals surface area contributed by atoms with Crippen molar-refractivity contribution in [2.24, 2.45) is 5.92 Å². The van der Waals surface area contributed by atoms with Crippen LogP contribution >= 0.6 is 0 Å². The SMILES string of the molecule is CC1C=Cc2c(ccc3c2c2cc4c(cc2n3-c2ccccc2)[nH]c2ccccc24)C1. The van der Waals surface area contributed by atoms with Crippen LogP contribution in [0.25, 0.3) is 55.4 Å². The molecule has 2 heterocycles. The van der Waals surface area contributed by atoms with Crippen molar-refractivity contribution in [3.8, 4) is 5.69 Å². The summed E-state index contributed by atoms with van der Waals surface area (Å²) in [7, 11) is 0. The summed E-state index contributed by atoms with van der Waals surface area (Å²) in [5.74, 6) is 0.591. The largest absolute Gasteiger partial charge is 0.354 e. The fourth-order valence-electron chi connectivity index (χ4n) is 5.42. The Bertz CT molecular complexity index is 1660. The van der Waals surface area contributed by atoms with E-state index in [1.807, 2.05) is 0 Å². The number of aromatic amines is 1. The van der Waals surface area contributed by atoms with Gasteiger partial charge in [0.05, 0.1) is 11.0 Å². The molecule has 0 amide bonds. The van der Waals surface area contributed by atoms with Crippen LogP contribution in [0.2, 0.25) is 0 Å². The lowest BCUT2D eigenvalue weighted by molar-refractivity contribution is 0.718. The van der Waals surface area contributed by atoms with E-state index in [1.165, 1.54) is 60.4 Å². The van der Waals surface area contributed by atoms with Gasteiger partial charge in [-0.25, -0.2) is 0 Å². The molecule has 1 aliphatic carbocycles. The summed E-state index contributed by atoms with van der Waals surface area (Å²) in [6, 6.07) is 28.7. The van der Waals surface area contributed by atoms with E-state index >= 15 is 0 Å². The quantitative estimate of drug-likeness (QED) is 0.294. The number of para-hydroxylation sites is 2. The van der Waals surface area contributed by atoms with Gasteiger partial charge < -0.3 is 9.55 Å². The van der Waals surface area contributed by atoms with Gasteiger partial charge in [-0.3, -0.25) is 0 Å². The molecule has 1 unspecified atom stereocenters. The third-order valence-corrected chi connectivity index (χ3v) is 6.84. The zero-order valence-electron chi connectivity index (χ0n) is 17.4. The molecule has 1 atom stereocenters. The Hall–Kier alpha value is -3.78. The van der Waals surface area contributed by atoms with E-state index in [4.69, 9.17) is 0 Å². The summed E-state index contributed by atoms with van der Waals surface area (Å²) < 4.78 is 2.42. The molecule has 0 saturated heterocycles. The molecule has 0 fully saturated rings.